The van der Waals surface area contributed by atoms with E-state index in [1.54, 1.807) is 37.6 Å². The van der Waals surface area contributed by atoms with Crippen LogP contribution in [0.25, 0.3) is 27.8 Å². The molecule has 0 aliphatic rings. The van der Waals surface area contributed by atoms with Gasteiger partial charge in [0.05, 0.1) is 18.6 Å². The molecule has 0 saturated heterocycles. The molecule has 180 valence electrons. The molecule has 2 N–H and O–H groups in total. The van der Waals surface area contributed by atoms with E-state index >= 15 is 0 Å². The minimum absolute atomic E-state index is 0.00340. The van der Waals surface area contributed by atoms with Gasteiger partial charge in [0.25, 0.3) is 5.56 Å². The first-order chi connectivity index (χ1) is 17.5. The zero-order valence-corrected chi connectivity index (χ0v) is 20.0. The Morgan fingerprint density at radius 2 is 1.78 bits per heavy atom. The van der Waals surface area contributed by atoms with Crippen LogP contribution in [0.4, 0.5) is 10.1 Å². The fourth-order valence-electron chi connectivity index (χ4n) is 3.79. The Balaban J connectivity index is 1.54. The summed E-state index contributed by atoms with van der Waals surface area (Å²) in [7, 11) is 1.57. The third kappa shape index (κ3) is 4.73. The van der Waals surface area contributed by atoms with E-state index in [9.17, 15) is 14.0 Å². The topological polar surface area (TPSA) is 89.0 Å². The number of thioether (sulfide) groups is 1. The number of carbonyl (C=O) groups is 1. The van der Waals surface area contributed by atoms with Crippen molar-refractivity contribution in [3.63, 3.8) is 0 Å². The Morgan fingerprint density at radius 1 is 1.06 bits per heavy atom. The molecular formula is C27H21FN4O3S. The lowest BCUT2D eigenvalue weighted by Gasteiger charge is -2.13. The molecule has 9 heteroatoms. The summed E-state index contributed by atoms with van der Waals surface area (Å²) in [6.45, 7) is 0. The van der Waals surface area contributed by atoms with Crippen LogP contribution in [0, 0.1) is 5.82 Å². The van der Waals surface area contributed by atoms with Gasteiger partial charge in [0.2, 0.25) is 5.91 Å². The van der Waals surface area contributed by atoms with E-state index in [1.165, 1.54) is 28.8 Å². The third-order valence-electron chi connectivity index (χ3n) is 5.54. The maximum atomic E-state index is 13.6. The van der Waals surface area contributed by atoms with Crippen LogP contribution in [-0.2, 0) is 4.79 Å². The molecule has 5 aromatic rings. The number of methoxy groups -OCH3 is 1. The van der Waals surface area contributed by atoms with Gasteiger partial charge < -0.3 is 15.0 Å². The molecular weight excluding hydrogens is 479 g/mol. The summed E-state index contributed by atoms with van der Waals surface area (Å²) in [5, 5.41) is 3.10. The molecule has 0 atom stereocenters. The van der Waals surface area contributed by atoms with Crippen LogP contribution in [-0.4, -0.2) is 33.3 Å². The molecule has 7 nitrogen and oxygen atoms in total. The largest absolute Gasteiger partial charge is 0.497 e. The van der Waals surface area contributed by atoms with Crippen molar-refractivity contribution < 1.29 is 13.9 Å². The zero-order chi connectivity index (χ0) is 25.1. The molecule has 0 spiro atoms. The number of hydrogen-bond acceptors (Lipinski definition) is 5. The predicted molar refractivity (Wildman–Crippen MR) is 139 cm³/mol. The number of hydrogen-bond donors (Lipinski definition) is 2. The van der Waals surface area contributed by atoms with Gasteiger partial charge in [0.15, 0.2) is 5.16 Å². The van der Waals surface area contributed by atoms with Gasteiger partial charge in [-0.05, 0) is 54.1 Å². The molecule has 5 rings (SSSR count). The summed E-state index contributed by atoms with van der Waals surface area (Å²) in [6.07, 6.45) is 1.77. The van der Waals surface area contributed by atoms with Gasteiger partial charge in [0, 0.05) is 17.4 Å². The molecule has 3 aromatic carbocycles. The highest BCUT2D eigenvalue weighted by Crippen LogP contribution is 2.29. The van der Waals surface area contributed by atoms with E-state index in [2.05, 4.69) is 10.3 Å². The lowest BCUT2D eigenvalue weighted by molar-refractivity contribution is -0.113. The van der Waals surface area contributed by atoms with Crippen LogP contribution < -0.4 is 15.6 Å². The van der Waals surface area contributed by atoms with Gasteiger partial charge in [-0.1, -0.05) is 42.1 Å². The molecule has 1 amide bonds. The van der Waals surface area contributed by atoms with Gasteiger partial charge in [-0.3, -0.25) is 14.2 Å². The van der Waals surface area contributed by atoms with Crippen molar-refractivity contribution >= 4 is 34.4 Å². The van der Waals surface area contributed by atoms with Gasteiger partial charge in [-0.2, -0.15) is 0 Å². The summed E-state index contributed by atoms with van der Waals surface area (Å²) in [5.74, 6) is -0.0417. The van der Waals surface area contributed by atoms with E-state index in [-0.39, 0.29) is 23.0 Å². The summed E-state index contributed by atoms with van der Waals surface area (Å²) in [6, 6.07) is 22.2. The smallest absolute Gasteiger partial charge is 0.283 e. The van der Waals surface area contributed by atoms with Crippen LogP contribution >= 0.6 is 11.8 Å². The summed E-state index contributed by atoms with van der Waals surface area (Å²) >= 11 is 1.14. The Morgan fingerprint density at radius 3 is 2.47 bits per heavy atom. The average molecular weight is 501 g/mol. The number of anilines is 1. The minimum atomic E-state index is -0.385. The van der Waals surface area contributed by atoms with Crippen LogP contribution in [0.3, 0.4) is 0 Å². The average Bonchev–Trinajstić information content (AvgIpc) is 3.34. The van der Waals surface area contributed by atoms with Crippen LogP contribution in [0.5, 0.6) is 5.75 Å². The number of aromatic amines is 1. The van der Waals surface area contributed by atoms with Crippen molar-refractivity contribution in [3.05, 3.63) is 101 Å². The number of fused-ring (bicyclic) bond motifs is 1. The molecule has 0 unspecified atom stereocenters. The highest BCUT2D eigenvalue weighted by molar-refractivity contribution is 7.99. The molecule has 2 aromatic heterocycles. The van der Waals surface area contributed by atoms with E-state index in [0.717, 1.165) is 22.9 Å². The lowest BCUT2D eigenvalue weighted by Crippen LogP contribution is -2.23. The Bertz CT molecular complexity index is 1580. The zero-order valence-electron chi connectivity index (χ0n) is 19.2. The fourth-order valence-corrected chi connectivity index (χ4v) is 4.60. The van der Waals surface area contributed by atoms with Crippen molar-refractivity contribution in [2.75, 3.05) is 18.2 Å². The van der Waals surface area contributed by atoms with Gasteiger partial charge in [-0.25, -0.2) is 9.37 Å². The van der Waals surface area contributed by atoms with Gasteiger partial charge in [-0.15, -0.1) is 0 Å². The molecule has 0 aliphatic heterocycles. The van der Waals surface area contributed by atoms with E-state index in [0.29, 0.717) is 33.3 Å². The van der Waals surface area contributed by atoms with Gasteiger partial charge in [0.1, 0.15) is 22.6 Å². The van der Waals surface area contributed by atoms with Crippen molar-refractivity contribution in [1.82, 2.24) is 14.5 Å². The normalized spacial score (nSPS) is 10.9. The Hall–Kier alpha value is -4.37. The number of H-pyrrole nitrogens is 1. The van der Waals surface area contributed by atoms with E-state index in [4.69, 9.17) is 9.72 Å². The molecule has 0 aliphatic carbocycles. The number of amides is 1. The number of ether oxygens (including phenoxy) is 1. The molecule has 2 heterocycles. The minimum Gasteiger partial charge on any atom is -0.497 e. The molecule has 0 fully saturated rings. The second kappa shape index (κ2) is 10.1. The lowest BCUT2D eigenvalue weighted by atomic mass is 10.1. The summed E-state index contributed by atoms with van der Waals surface area (Å²) in [4.78, 5) is 34.1. The van der Waals surface area contributed by atoms with E-state index in [1.807, 2.05) is 30.3 Å². The SMILES string of the molecule is COc1ccc(-n2c(SCC(=O)Nc3ccc(F)cc3)nc3c(-c4ccccc4)c[nH]c3c2=O)cc1. The number of nitrogens with zero attached hydrogens (tertiary/aromatic N) is 2. The van der Waals surface area contributed by atoms with Crippen LogP contribution in [0.1, 0.15) is 0 Å². The van der Waals surface area contributed by atoms with Crippen LogP contribution in [0.15, 0.2) is 95.0 Å². The summed E-state index contributed by atoms with van der Waals surface area (Å²) < 4.78 is 19.9. The number of rotatable bonds is 7. The number of aromatic nitrogens is 3. The first kappa shape index (κ1) is 23.4. The first-order valence-electron chi connectivity index (χ1n) is 11.1. The quantitative estimate of drug-likeness (QED) is 0.235. The molecule has 0 saturated carbocycles. The van der Waals surface area contributed by atoms with Crippen molar-refractivity contribution in [3.8, 4) is 22.6 Å². The third-order valence-corrected chi connectivity index (χ3v) is 6.48. The fraction of sp³-hybridized carbons (Fsp3) is 0.0741. The predicted octanol–water partition coefficient (Wildman–Crippen LogP) is 5.26. The molecule has 0 bridgehead atoms. The standard InChI is InChI=1S/C27H21FN4O3S/c1-35-21-13-11-20(12-14-21)32-26(34)25-24(22(15-29-25)17-5-3-2-4-6-17)31-27(32)36-16-23(33)30-19-9-7-18(28)8-10-19/h2-15,29H,16H2,1H3,(H,30,33). The first-order valence-corrected chi connectivity index (χ1v) is 12.0. The number of benzene rings is 3. The maximum Gasteiger partial charge on any atom is 0.283 e. The summed E-state index contributed by atoms with van der Waals surface area (Å²) in [5.41, 5.74) is 3.39. The number of halogens is 1. The Kier molecular flexibility index (Phi) is 6.55. The van der Waals surface area contributed by atoms with Gasteiger partial charge >= 0.3 is 0 Å². The van der Waals surface area contributed by atoms with Crippen LogP contribution in [0.2, 0.25) is 0 Å². The highest BCUT2D eigenvalue weighted by Gasteiger charge is 2.19. The second-order valence-corrected chi connectivity index (χ2v) is 8.81. The monoisotopic (exact) mass is 500 g/mol. The second-order valence-electron chi connectivity index (χ2n) is 7.87. The highest BCUT2D eigenvalue weighted by atomic mass is 32.2. The molecule has 0 radical (unpaired) electrons. The molecule has 36 heavy (non-hydrogen) atoms. The Labute approximate surface area is 210 Å². The maximum absolute atomic E-state index is 13.6. The van der Waals surface area contributed by atoms with Crippen molar-refractivity contribution in [2.45, 2.75) is 5.16 Å². The van der Waals surface area contributed by atoms with E-state index < -0.39 is 0 Å². The van der Waals surface area contributed by atoms with Crippen molar-refractivity contribution in [2.24, 2.45) is 0 Å². The number of carbonyl (C=O) groups excluding carboxylic acids is 1. The van der Waals surface area contributed by atoms with Crippen molar-refractivity contribution in [1.29, 1.82) is 0 Å². The number of nitrogens with one attached hydrogen (secondary N) is 2.